The Morgan fingerprint density at radius 2 is 1.90 bits per heavy atom. The van der Waals surface area contributed by atoms with Crippen molar-refractivity contribution >= 4 is 33.6 Å². The number of nitrogens with one attached hydrogen (secondary N) is 2. The zero-order valence-corrected chi connectivity index (χ0v) is 13.5. The Kier molecular flexibility index (Phi) is 5.16. The molecule has 0 heterocycles. The van der Waals surface area contributed by atoms with Crippen LogP contribution in [0.15, 0.2) is 22.7 Å². The first-order valence-corrected chi connectivity index (χ1v) is 6.97. The molecular weight excluding hydrogens is 324 g/mol. The SMILES string of the molecule is Cc1c(Br)cccc1NC(=O)N[C@@H](C(=O)O)C(C)(C)C. The summed E-state index contributed by atoms with van der Waals surface area (Å²) in [5.74, 6) is -1.06. The molecule has 0 aliphatic heterocycles. The molecule has 0 fully saturated rings. The molecule has 0 spiro atoms. The lowest BCUT2D eigenvalue weighted by Crippen LogP contribution is -2.50. The normalized spacial score (nSPS) is 12.7. The van der Waals surface area contributed by atoms with E-state index in [0.29, 0.717) is 5.69 Å². The molecule has 0 saturated heterocycles. The number of carboxylic acids is 1. The third kappa shape index (κ3) is 4.23. The predicted octanol–water partition coefficient (Wildman–Crippen LogP) is 3.38. The number of carbonyl (C=O) groups is 2. The van der Waals surface area contributed by atoms with Crippen LogP contribution in [0, 0.1) is 12.3 Å². The number of aliphatic carboxylic acids is 1. The molecule has 0 radical (unpaired) electrons. The van der Waals surface area contributed by atoms with E-state index in [-0.39, 0.29) is 0 Å². The summed E-state index contributed by atoms with van der Waals surface area (Å²) in [7, 11) is 0. The van der Waals surface area contributed by atoms with Gasteiger partial charge in [0.2, 0.25) is 0 Å². The molecule has 3 N–H and O–H groups in total. The van der Waals surface area contributed by atoms with Gasteiger partial charge in [0.25, 0.3) is 0 Å². The largest absolute Gasteiger partial charge is 0.480 e. The third-order valence-electron chi connectivity index (χ3n) is 2.90. The smallest absolute Gasteiger partial charge is 0.326 e. The van der Waals surface area contributed by atoms with Crippen molar-refractivity contribution in [2.45, 2.75) is 33.7 Å². The minimum Gasteiger partial charge on any atom is -0.480 e. The third-order valence-corrected chi connectivity index (χ3v) is 3.76. The first-order valence-electron chi connectivity index (χ1n) is 6.18. The van der Waals surface area contributed by atoms with Gasteiger partial charge in [-0.1, -0.05) is 42.8 Å². The van der Waals surface area contributed by atoms with Crippen LogP contribution in [0.2, 0.25) is 0 Å². The molecule has 0 aliphatic rings. The Labute approximate surface area is 126 Å². The van der Waals surface area contributed by atoms with E-state index in [2.05, 4.69) is 26.6 Å². The number of hydrogen-bond donors (Lipinski definition) is 3. The lowest BCUT2D eigenvalue weighted by Gasteiger charge is -2.27. The first kappa shape index (κ1) is 16.5. The zero-order chi connectivity index (χ0) is 15.5. The van der Waals surface area contributed by atoms with Gasteiger partial charge in [-0.2, -0.15) is 0 Å². The van der Waals surface area contributed by atoms with E-state index in [4.69, 9.17) is 0 Å². The Balaban J connectivity index is 2.82. The number of carboxylic acid groups (broad SMARTS) is 1. The molecule has 0 aromatic heterocycles. The monoisotopic (exact) mass is 342 g/mol. The highest BCUT2D eigenvalue weighted by atomic mass is 79.9. The second-order valence-corrected chi connectivity index (χ2v) is 6.50. The van der Waals surface area contributed by atoms with Crippen molar-refractivity contribution < 1.29 is 14.7 Å². The van der Waals surface area contributed by atoms with Crippen molar-refractivity contribution in [1.29, 1.82) is 0 Å². The lowest BCUT2D eigenvalue weighted by atomic mass is 9.87. The Hall–Kier alpha value is -1.56. The summed E-state index contributed by atoms with van der Waals surface area (Å²) in [6.07, 6.45) is 0. The maximum Gasteiger partial charge on any atom is 0.326 e. The van der Waals surface area contributed by atoms with Gasteiger partial charge in [-0.05, 0) is 30.0 Å². The van der Waals surface area contributed by atoms with Crippen LogP contribution in [0.4, 0.5) is 10.5 Å². The van der Waals surface area contributed by atoms with Crippen LogP contribution < -0.4 is 10.6 Å². The van der Waals surface area contributed by atoms with Crippen LogP contribution in [0.5, 0.6) is 0 Å². The molecule has 0 unspecified atom stereocenters. The summed E-state index contributed by atoms with van der Waals surface area (Å²) in [4.78, 5) is 23.1. The van der Waals surface area contributed by atoms with E-state index < -0.39 is 23.5 Å². The molecule has 2 amide bonds. The van der Waals surface area contributed by atoms with Gasteiger partial charge >= 0.3 is 12.0 Å². The minimum atomic E-state index is -1.06. The van der Waals surface area contributed by atoms with Gasteiger partial charge < -0.3 is 15.7 Å². The molecule has 0 bridgehead atoms. The summed E-state index contributed by atoms with van der Waals surface area (Å²) in [6.45, 7) is 7.14. The van der Waals surface area contributed by atoms with Crippen LogP contribution >= 0.6 is 15.9 Å². The van der Waals surface area contributed by atoms with E-state index >= 15 is 0 Å². The molecule has 6 heteroatoms. The summed E-state index contributed by atoms with van der Waals surface area (Å²) < 4.78 is 0.876. The highest BCUT2D eigenvalue weighted by Gasteiger charge is 2.32. The first-order chi connectivity index (χ1) is 9.12. The minimum absolute atomic E-state index is 0.534. The molecule has 0 saturated carbocycles. The van der Waals surface area contributed by atoms with Crippen molar-refractivity contribution in [2.24, 2.45) is 5.41 Å². The fraction of sp³-hybridized carbons (Fsp3) is 0.429. The van der Waals surface area contributed by atoms with E-state index in [1.54, 1.807) is 32.9 Å². The van der Waals surface area contributed by atoms with Crippen molar-refractivity contribution in [3.8, 4) is 0 Å². The Morgan fingerprint density at radius 3 is 2.40 bits per heavy atom. The summed E-state index contributed by atoms with van der Waals surface area (Å²) in [6, 6.07) is 3.93. The number of anilines is 1. The highest BCUT2D eigenvalue weighted by molar-refractivity contribution is 9.10. The van der Waals surface area contributed by atoms with Crippen LogP contribution in [0.25, 0.3) is 0 Å². The van der Waals surface area contributed by atoms with E-state index in [1.165, 1.54) is 0 Å². The van der Waals surface area contributed by atoms with Crippen molar-refractivity contribution in [2.75, 3.05) is 5.32 Å². The quantitative estimate of drug-likeness (QED) is 0.787. The molecule has 1 rings (SSSR count). The predicted molar refractivity (Wildman–Crippen MR) is 81.9 cm³/mol. The van der Waals surface area contributed by atoms with Crippen molar-refractivity contribution in [1.82, 2.24) is 5.32 Å². The van der Waals surface area contributed by atoms with Crippen LogP contribution in [-0.4, -0.2) is 23.1 Å². The summed E-state index contributed by atoms with van der Waals surface area (Å²) in [5, 5.41) is 14.3. The van der Waals surface area contributed by atoms with Crippen molar-refractivity contribution in [3.05, 3.63) is 28.2 Å². The second-order valence-electron chi connectivity index (χ2n) is 5.65. The number of hydrogen-bond acceptors (Lipinski definition) is 2. The van der Waals surface area contributed by atoms with Crippen LogP contribution in [-0.2, 0) is 4.79 Å². The highest BCUT2D eigenvalue weighted by Crippen LogP contribution is 2.24. The Morgan fingerprint density at radius 1 is 1.30 bits per heavy atom. The molecule has 110 valence electrons. The summed E-state index contributed by atoms with van der Waals surface area (Å²) >= 11 is 3.38. The van der Waals surface area contributed by atoms with E-state index in [0.717, 1.165) is 10.0 Å². The molecular formula is C14H19BrN2O3. The molecule has 1 aromatic carbocycles. The van der Waals surface area contributed by atoms with Gasteiger partial charge in [-0.15, -0.1) is 0 Å². The lowest BCUT2D eigenvalue weighted by molar-refractivity contribution is -0.141. The summed E-state index contributed by atoms with van der Waals surface area (Å²) in [5.41, 5.74) is 0.940. The standard InChI is InChI=1S/C14H19BrN2O3/c1-8-9(15)6-5-7-10(8)16-13(20)17-11(12(18)19)14(2,3)4/h5-7,11H,1-4H3,(H,18,19)(H2,16,17,20)/t11-/m0/s1. The average molecular weight is 343 g/mol. The van der Waals surface area contributed by atoms with Gasteiger partial charge in [0.05, 0.1) is 0 Å². The maximum absolute atomic E-state index is 11.9. The zero-order valence-electron chi connectivity index (χ0n) is 12.0. The topological polar surface area (TPSA) is 78.4 Å². The number of urea groups is 1. The number of rotatable bonds is 3. The number of benzene rings is 1. The maximum atomic E-state index is 11.9. The fourth-order valence-corrected chi connectivity index (χ4v) is 2.05. The van der Waals surface area contributed by atoms with Gasteiger partial charge in [-0.25, -0.2) is 9.59 Å². The molecule has 5 nitrogen and oxygen atoms in total. The van der Waals surface area contributed by atoms with E-state index in [9.17, 15) is 14.7 Å². The van der Waals surface area contributed by atoms with E-state index in [1.807, 2.05) is 13.0 Å². The second kappa shape index (κ2) is 6.26. The molecule has 1 atom stereocenters. The molecule has 20 heavy (non-hydrogen) atoms. The fourth-order valence-electron chi connectivity index (χ4n) is 1.68. The number of amides is 2. The van der Waals surface area contributed by atoms with Crippen LogP contribution in [0.3, 0.4) is 0 Å². The molecule has 0 aliphatic carbocycles. The van der Waals surface area contributed by atoms with Gasteiger partial charge in [0.15, 0.2) is 0 Å². The van der Waals surface area contributed by atoms with Crippen LogP contribution in [0.1, 0.15) is 26.3 Å². The van der Waals surface area contributed by atoms with Crippen molar-refractivity contribution in [3.63, 3.8) is 0 Å². The number of halogens is 1. The van der Waals surface area contributed by atoms with Gasteiger partial charge in [-0.3, -0.25) is 0 Å². The average Bonchev–Trinajstić information content (AvgIpc) is 2.30. The number of carbonyl (C=O) groups excluding carboxylic acids is 1. The van der Waals surface area contributed by atoms with Gasteiger partial charge in [0.1, 0.15) is 6.04 Å². The van der Waals surface area contributed by atoms with Gasteiger partial charge in [0, 0.05) is 10.2 Å². The Bertz CT molecular complexity index is 524. The molecule has 1 aromatic rings.